The normalized spacial score (nSPS) is 25.2. The number of amides is 1. The van der Waals surface area contributed by atoms with Crippen molar-refractivity contribution in [2.75, 3.05) is 7.05 Å². The second-order valence-corrected chi connectivity index (χ2v) is 4.34. The van der Waals surface area contributed by atoms with E-state index in [1.54, 1.807) is 4.90 Å². The van der Waals surface area contributed by atoms with Gasteiger partial charge < -0.3 is 4.90 Å². The molecule has 1 aliphatic rings. The smallest absolute Gasteiger partial charge is 0.241 e. The number of aryl methyl sites for hydroxylation is 1. The number of carbonyl (C=O) groups is 1. The molecule has 1 fully saturated rings. The third-order valence-corrected chi connectivity index (χ3v) is 3.28. The fraction of sp³-hybridized carbons (Fsp3) is 0.462. The fourth-order valence-electron chi connectivity index (χ4n) is 2.23. The summed E-state index contributed by atoms with van der Waals surface area (Å²) in [4.78, 5) is 13.7. The molecule has 0 saturated carbocycles. The van der Waals surface area contributed by atoms with Crippen molar-refractivity contribution in [1.82, 2.24) is 10.2 Å². The highest BCUT2D eigenvalue weighted by molar-refractivity contribution is 5.84. The van der Waals surface area contributed by atoms with E-state index in [0.717, 1.165) is 6.42 Å². The highest BCUT2D eigenvalue weighted by Crippen LogP contribution is 2.26. The van der Waals surface area contributed by atoms with Crippen molar-refractivity contribution in [3.8, 4) is 0 Å². The zero-order chi connectivity index (χ0) is 11.7. The molecule has 0 spiro atoms. The average molecular weight is 218 g/mol. The van der Waals surface area contributed by atoms with E-state index < -0.39 is 0 Å². The summed E-state index contributed by atoms with van der Waals surface area (Å²) in [5, 5.41) is 3.37. The zero-order valence-corrected chi connectivity index (χ0v) is 10.0. The molecule has 1 N–H and O–H groups in total. The second kappa shape index (κ2) is 4.26. The van der Waals surface area contributed by atoms with Crippen LogP contribution in [-0.4, -0.2) is 23.9 Å². The Morgan fingerprint density at radius 1 is 1.38 bits per heavy atom. The van der Waals surface area contributed by atoms with E-state index in [4.69, 9.17) is 0 Å². The number of likely N-dealkylation sites (N-methyl/N-ethyl adjacent to an activating group) is 1. The lowest BCUT2D eigenvalue weighted by molar-refractivity contribution is -0.128. The van der Waals surface area contributed by atoms with E-state index >= 15 is 0 Å². The summed E-state index contributed by atoms with van der Waals surface area (Å²) >= 11 is 0. The summed E-state index contributed by atoms with van der Waals surface area (Å²) in [5.74, 6) is 0.191. The van der Waals surface area contributed by atoms with Gasteiger partial charge in [-0.25, -0.2) is 0 Å². The van der Waals surface area contributed by atoms with E-state index in [1.807, 2.05) is 26.1 Å². The summed E-state index contributed by atoms with van der Waals surface area (Å²) in [6.07, 6.45) is 0.865. The van der Waals surface area contributed by atoms with Crippen LogP contribution in [0.2, 0.25) is 0 Å². The molecule has 1 aliphatic heterocycles. The standard InChI is InChI=1S/C13H18N2O/c1-4-11-13(16)15(3)12(14-11)10-8-6-5-7-9(10)2/h5-8,11-12,14H,4H2,1-3H3. The Morgan fingerprint density at radius 2 is 2.06 bits per heavy atom. The maximum absolute atomic E-state index is 11.9. The number of hydrogen-bond donors (Lipinski definition) is 1. The van der Waals surface area contributed by atoms with Gasteiger partial charge in [0.1, 0.15) is 6.17 Å². The molecule has 1 saturated heterocycles. The molecule has 1 aromatic rings. The summed E-state index contributed by atoms with van der Waals surface area (Å²) in [6.45, 7) is 4.11. The molecule has 3 heteroatoms. The van der Waals surface area contributed by atoms with Gasteiger partial charge in [0.25, 0.3) is 0 Å². The average Bonchev–Trinajstić information content (AvgIpc) is 2.57. The van der Waals surface area contributed by atoms with Crippen LogP contribution >= 0.6 is 0 Å². The number of carbonyl (C=O) groups excluding carboxylic acids is 1. The third-order valence-electron chi connectivity index (χ3n) is 3.28. The maximum Gasteiger partial charge on any atom is 0.241 e. The Kier molecular flexibility index (Phi) is 2.97. The van der Waals surface area contributed by atoms with Gasteiger partial charge in [-0.05, 0) is 24.5 Å². The summed E-state index contributed by atoms with van der Waals surface area (Å²) in [5.41, 5.74) is 2.41. The third kappa shape index (κ3) is 1.71. The lowest BCUT2D eigenvalue weighted by Crippen LogP contribution is -2.27. The van der Waals surface area contributed by atoms with Gasteiger partial charge in [-0.15, -0.1) is 0 Å². The minimum absolute atomic E-state index is 0.0265. The SMILES string of the molecule is CCC1NC(c2ccccc2C)N(C)C1=O. The van der Waals surface area contributed by atoms with E-state index in [-0.39, 0.29) is 18.1 Å². The number of hydrogen-bond acceptors (Lipinski definition) is 2. The topological polar surface area (TPSA) is 32.3 Å². The van der Waals surface area contributed by atoms with E-state index in [1.165, 1.54) is 11.1 Å². The van der Waals surface area contributed by atoms with Gasteiger partial charge in [-0.3, -0.25) is 10.1 Å². The van der Waals surface area contributed by atoms with Crippen molar-refractivity contribution >= 4 is 5.91 Å². The summed E-state index contributed by atoms with van der Waals surface area (Å²) in [6, 6.07) is 8.16. The molecule has 2 atom stereocenters. The van der Waals surface area contributed by atoms with Gasteiger partial charge in [0.05, 0.1) is 6.04 Å². The fourth-order valence-corrected chi connectivity index (χ4v) is 2.23. The van der Waals surface area contributed by atoms with Crippen molar-refractivity contribution in [1.29, 1.82) is 0 Å². The minimum atomic E-state index is -0.0328. The summed E-state index contributed by atoms with van der Waals surface area (Å²) in [7, 11) is 1.86. The van der Waals surface area contributed by atoms with Crippen LogP contribution in [0.4, 0.5) is 0 Å². The molecule has 1 aromatic carbocycles. The van der Waals surface area contributed by atoms with Gasteiger partial charge in [-0.1, -0.05) is 31.2 Å². The van der Waals surface area contributed by atoms with Crippen LogP contribution < -0.4 is 5.32 Å². The number of benzene rings is 1. The predicted octanol–water partition coefficient (Wildman–Crippen LogP) is 1.83. The van der Waals surface area contributed by atoms with Crippen LogP contribution in [0.1, 0.15) is 30.6 Å². The van der Waals surface area contributed by atoms with Crippen molar-refractivity contribution in [3.05, 3.63) is 35.4 Å². The molecular weight excluding hydrogens is 200 g/mol. The van der Waals surface area contributed by atoms with Crippen LogP contribution in [0, 0.1) is 6.92 Å². The molecular formula is C13H18N2O. The first-order valence-electron chi connectivity index (χ1n) is 5.73. The van der Waals surface area contributed by atoms with Crippen molar-refractivity contribution in [2.24, 2.45) is 0 Å². The van der Waals surface area contributed by atoms with Crippen LogP contribution in [0.5, 0.6) is 0 Å². The monoisotopic (exact) mass is 218 g/mol. The molecule has 0 bridgehead atoms. The molecule has 0 aliphatic carbocycles. The van der Waals surface area contributed by atoms with Gasteiger partial charge in [-0.2, -0.15) is 0 Å². The largest absolute Gasteiger partial charge is 0.325 e. The van der Waals surface area contributed by atoms with Crippen LogP contribution in [0.25, 0.3) is 0 Å². The number of rotatable bonds is 2. The van der Waals surface area contributed by atoms with Crippen molar-refractivity contribution in [3.63, 3.8) is 0 Å². The first kappa shape index (κ1) is 11.1. The highest BCUT2D eigenvalue weighted by atomic mass is 16.2. The lowest BCUT2D eigenvalue weighted by atomic mass is 10.1. The second-order valence-electron chi connectivity index (χ2n) is 4.34. The predicted molar refractivity (Wildman–Crippen MR) is 63.9 cm³/mol. The van der Waals surface area contributed by atoms with Crippen LogP contribution in [-0.2, 0) is 4.79 Å². The van der Waals surface area contributed by atoms with Crippen LogP contribution in [0.15, 0.2) is 24.3 Å². The molecule has 2 rings (SSSR count). The maximum atomic E-state index is 11.9. The molecule has 2 unspecified atom stereocenters. The van der Waals surface area contributed by atoms with Gasteiger partial charge in [0, 0.05) is 7.05 Å². The molecule has 0 radical (unpaired) electrons. The molecule has 1 amide bonds. The summed E-state index contributed by atoms with van der Waals surface area (Å²) < 4.78 is 0. The number of nitrogens with one attached hydrogen (secondary N) is 1. The highest BCUT2D eigenvalue weighted by Gasteiger charge is 2.36. The van der Waals surface area contributed by atoms with E-state index in [0.29, 0.717) is 0 Å². The van der Waals surface area contributed by atoms with E-state index in [9.17, 15) is 4.79 Å². The Balaban J connectivity index is 2.30. The van der Waals surface area contributed by atoms with Gasteiger partial charge >= 0.3 is 0 Å². The Morgan fingerprint density at radius 3 is 2.62 bits per heavy atom. The Labute approximate surface area is 96.5 Å². The lowest BCUT2D eigenvalue weighted by Gasteiger charge is -2.21. The number of nitrogens with zero attached hydrogens (tertiary/aromatic N) is 1. The van der Waals surface area contributed by atoms with Crippen molar-refractivity contribution in [2.45, 2.75) is 32.5 Å². The Hall–Kier alpha value is -1.35. The molecule has 86 valence electrons. The van der Waals surface area contributed by atoms with Crippen LogP contribution in [0.3, 0.4) is 0 Å². The Bertz CT molecular complexity index is 403. The van der Waals surface area contributed by atoms with Gasteiger partial charge in [0.2, 0.25) is 5.91 Å². The zero-order valence-electron chi connectivity index (χ0n) is 10.0. The van der Waals surface area contributed by atoms with Crippen molar-refractivity contribution < 1.29 is 4.79 Å². The van der Waals surface area contributed by atoms with Gasteiger partial charge in [0.15, 0.2) is 0 Å². The minimum Gasteiger partial charge on any atom is -0.325 e. The molecule has 1 heterocycles. The molecule has 3 nitrogen and oxygen atoms in total. The quantitative estimate of drug-likeness (QED) is 0.821. The first-order valence-corrected chi connectivity index (χ1v) is 5.73. The van der Waals surface area contributed by atoms with E-state index in [2.05, 4.69) is 24.4 Å². The molecule has 16 heavy (non-hydrogen) atoms. The molecule has 0 aromatic heterocycles. The first-order chi connectivity index (χ1) is 7.65.